The number of amides is 2. The molecule has 0 saturated heterocycles. The van der Waals surface area contributed by atoms with Crippen LogP contribution in [-0.4, -0.2) is 30.8 Å². The molecular formula is C25H21N7O. The van der Waals surface area contributed by atoms with Gasteiger partial charge in [-0.15, -0.1) is 10.2 Å². The second-order valence-electron chi connectivity index (χ2n) is 7.63. The van der Waals surface area contributed by atoms with Crippen LogP contribution in [0.3, 0.4) is 0 Å². The molecule has 162 valence electrons. The molecule has 0 fully saturated rings. The molecule has 2 amide bonds. The molecule has 0 aliphatic rings. The van der Waals surface area contributed by atoms with Crippen molar-refractivity contribution >= 4 is 23.1 Å². The Bertz CT molecular complexity index is 1460. The fraction of sp³-hybridized carbons (Fsp3) is 0.0800. The van der Waals surface area contributed by atoms with Crippen molar-refractivity contribution in [1.29, 1.82) is 0 Å². The van der Waals surface area contributed by atoms with Crippen molar-refractivity contribution in [1.82, 2.24) is 24.8 Å². The molecule has 8 nitrogen and oxygen atoms in total. The summed E-state index contributed by atoms with van der Waals surface area (Å²) in [6.45, 7) is 4.00. The Balaban J connectivity index is 1.41. The van der Waals surface area contributed by atoms with E-state index in [-0.39, 0.29) is 6.03 Å². The number of pyridine rings is 1. The molecule has 0 bridgehead atoms. The molecular weight excluding hydrogens is 414 g/mol. The van der Waals surface area contributed by atoms with Crippen LogP contribution in [0.1, 0.15) is 11.1 Å². The number of anilines is 2. The maximum absolute atomic E-state index is 12.6. The Morgan fingerprint density at radius 3 is 2.58 bits per heavy atom. The summed E-state index contributed by atoms with van der Waals surface area (Å²) >= 11 is 0. The molecule has 8 heteroatoms. The Labute approximate surface area is 190 Å². The summed E-state index contributed by atoms with van der Waals surface area (Å²) in [5.41, 5.74) is 6.48. The highest BCUT2D eigenvalue weighted by Gasteiger charge is 2.12. The smallest absolute Gasteiger partial charge is 0.308 e. The molecule has 2 aromatic carbocycles. The van der Waals surface area contributed by atoms with E-state index in [4.69, 9.17) is 5.10 Å². The van der Waals surface area contributed by atoms with E-state index >= 15 is 0 Å². The van der Waals surface area contributed by atoms with Gasteiger partial charge in [0.15, 0.2) is 5.65 Å². The molecule has 0 unspecified atom stereocenters. The van der Waals surface area contributed by atoms with Gasteiger partial charge in [-0.1, -0.05) is 30.3 Å². The summed E-state index contributed by atoms with van der Waals surface area (Å²) in [6.07, 6.45) is 1.71. The molecule has 3 heterocycles. The van der Waals surface area contributed by atoms with Crippen LogP contribution >= 0.6 is 0 Å². The maximum Gasteiger partial charge on any atom is 0.323 e. The van der Waals surface area contributed by atoms with E-state index in [1.54, 1.807) is 10.7 Å². The Morgan fingerprint density at radius 1 is 0.848 bits per heavy atom. The lowest BCUT2D eigenvalue weighted by atomic mass is 10.1. The zero-order chi connectivity index (χ0) is 22.8. The predicted octanol–water partition coefficient (Wildman–Crippen LogP) is 5.11. The average Bonchev–Trinajstić information content (AvgIpc) is 3.26. The third-order valence-corrected chi connectivity index (χ3v) is 5.43. The largest absolute Gasteiger partial charge is 0.323 e. The topological polar surface area (TPSA) is 97.1 Å². The lowest BCUT2D eigenvalue weighted by molar-refractivity contribution is 0.262. The monoisotopic (exact) mass is 435 g/mol. The fourth-order valence-electron chi connectivity index (χ4n) is 3.53. The standard InChI is InChI=1S/C25H21N7O/c1-16-7-5-11-20(17(16)2)28-25(33)27-19-9-6-8-18(15-19)21-12-13-23-29-30-24(32(23)31-21)22-10-3-4-14-26-22/h3-15H,1-2H3,(H2,27,28,33). The minimum absolute atomic E-state index is 0.305. The Hall–Kier alpha value is -4.59. The molecule has 33 heavy (non-hydrogen) atoms. The third-order valence-electron chi connectivity index (χ3n) is 5.43. The van der Waals surface area contributed by atoms with Crippen LogP contribution in [0.5, 0.6) is 0 Å². The number of rotatable bonds is 4. The van der Waals surface area contributed by atoms with Crippen molar-refractivity contribution < 1.29 is 4.79 Å². The third kappa shape index (κ3) is 4.14. The number of hydrogen-bond acceptors (Lipinski definition) is 5. The van der Waals surface area contributed by atoms with Gasteiger partial charge in [0.25, 0.3) is 0 Å². The van der Waals surface area contributed by atoms with Crippen LogP contribution in [0.2, 0.25) is 0 Å². The highest BCUT2D eigenvalue weighted by Crippen LogP contribution is 2.23. The molecule has 0 aliphatic heterocycles. The van der Waals surface area contributed by atoms with Crippen LogP contribution < -0.4 is 10.6 Å². The second kappa shape index (κ2) is 8.51. The van der Waals surface area contributed by atoms with E-state index in [9.17, 15) is 4.79 Å². The van der Waals surface area contributed by atoms with Gasteiger partial charge in [-0.05, 0) is 67.4 Å². The fourth-order valence-corrected chi connectivity index (χ4v) is 3.53. The number of carbonyl (C=O) groups excluding carboxylic acids is 1. The Kier molecular flexibility index (Phi) is 5.24. The summed E-state index contributed by atoms with van der Waals surface area (Å²) in [6, 6.07) is 22.4. The molecule has 0 saturated carbocycles. The van der Waals surface area contributed by atoms with Gasteiger partial charge in [0.2, 0.25) is 5.82 Å². The lowest BCUT2D eigenvalue weighted by Crippen LogP contribution is -2.20. The quantitative estimate of drug-likeness (QED) is 0.409. The molecule has 0 spiro atoms. The number of hydrogen-bond donors (Lipinski definition) is 2. The summed E-state index contributed by atoms with van der Waals surface area (Å²) in [5.74, 6) is 0.564. The van der Waals surface area contributed by atoms with Gasteiger partial charge in [-0.2, -0.15) is 9.61 Å². The van der Waals surface area contributed by atoms with Gasteiger partial charge in [-0.25, -0.2) is 4.79 Å². The van der Waals surface area contributed by atoms with Crippen LogP contribution in [0, 0.1) is 13.8 Å². The molecule has 0 radical (unpaired) electrons. The van der Waals surface area contributed by atoms with E-state index in [1.165, 1.54) is 0 Å². The van der Waals surface area contributed by atoms with Crippen molar-refractivity contribution in [3.8, 4) is 22.8 Å². The molecule has 0 atom stereocenters. The number of aryl methyl sites for hydroxylation is 1. The number of urea groups is 1. The summed E-state index contributed by atoms with van der Waals surface area (Å²) in [7, 11) is 0. The van der Waals surface area contributed by atoms with Gasteiger partial charge >= 0.3 is 6.03 Å². The van der Waals surface area contributed by atoms with E-state index in [0.29, 0.717) is 22.9 Å². The first-order valence-corrected chi connectivity index (χ1v) is 10.5. The molecule has 5 rings (SSSR count). The minimum Gasteiger partial charge on any atom is -0.308 e. The lowest BCUT2D eigenvalue weighted by Gasteiger charge is -2.12. The first-order valence-electron chi connectivity index (χ1n) is 10.5. The number of aromatic nitrogens is 5. The van der Waals surface area contributed by atoms with Crippen LogP contribution in [0.25, 0.3) is 28.4 Å². The summed E-state index contributed by atoms with van der Waals surface area (Å²) < 4.78 is 1.67. The van der Waals surface area contributed by atoms with Crippen molar-refractivity contribution in [2.45, 2.75) is 13.8 Å². The van der Waals surface area contributed by atoms with E-state index in [2.05, 4.69) is 25.8 Å². The molecule has 5 aromatic rings. The second-order valence-corrected chi connectivity index (χ2v) is 7.63. The zero-order valence-electron chi connectivity index (χ0n) is 18.1. The molecule has 3 aromatic heterocycles. The van der Waals surface area contributed by atoms with Crippen molar-refractivity contribution in [3.63, 3.8) is 0 Å². The van der Waals surface area contributed by atoms with Crippen molar-refractivity contribution in [2.24, 2.45) is 0 Å². The maximum atomic E-state index is 12.6. The van der Waals surface area contributed by atoms with Gasteiger partial charge in [0, 0.05) is 23.1 Å². The SMILES string of the molecule is Cc1cccc(NC(=O)Nc2cccc(-c3ccc4nnc(-c5ccccn5)n4n3)c2)c1C. The van der Waals surface area contributed by atoms with Crippen molar-refractivity contribution in [3.05, 3.63) is 90.1 Å². The molecule has 2 N–H and O–H groups in total. The highest BCUT2D eigenvalue weighted by molar-refractivity contribution is 6.00. The number of benzene rings is 2. The number of carbonyl (C=O) groups is 1. The number of nitrogens with zero attached hydrogens (tertiary/aromatic N) is 5. The summed E-state index contributed by atoms with van der Waals surface area (Å²) in [4.78, 5) is 16.9. The van der Waals surface area contributed by atoms with E-state index in [1.807, 2.05) is 86.6 Å². The normalized spacial score (nSPS) is 10.8. The van der Waals surface area contributed by atoms with Gasteiger partial charge < -0.3 is 10.6 Å². The van der Waals surface area contributed by atoms with Crippen molar-refractivity contribution in [2.75, 3.05) is 10.6 Å². The van der Waals surface area contributed by atoms with Crippen LogP contribution in [-0.2, 0) is 0 Å². The highest BCUT2D eigenvalue weighted by atomic mass is 16.2. The minimum atomic E-state index is -0.305. The van der Waals surface area contributed by atoms with Gasteiger partial charge in [-0.3, -0.25) is 4.98 Å². The van der Waals surface area contributed by atoms with Gasteiger partial charge in [0.1, 0.15) is 5.69 Å². The first kappa shape index (κ1) is 20.3. The summed E-state index contributed by atoms with van der Waals surface area (Å²) in [5, 5.41) is 18.9. The van der Waals surface area contributed by atoms with Gasteiger partial charge in [0.05, 0.1) is 5.69 Å². The first-order chi connectivity index (χ1) is 16.1. The number of nitrogens with one attached hydrogen (secondary N) is 2. The average molecular weight is 435 g/mol. The van der Waals surface area contributed by atoms with E-state index < -0.39 is 0 Å². The van der Waals surface area contributed by atoms with E-state index in [0.717, 1.165) is 28.1 Å². The predicted molar refractivity (Wildman–Crippen MR) is 128 cm³/mol. The molecule has 0 aliphatic carbocycles. The van der Waals surface area contributed by atoms with Crippen LogP contribution in [0.15, 0.2) is 79.0 Å². The zero-order valence-corrected chi connectivity index (χ0v) is 18.1. The Morgan fingerprint density at radius 2 is 1.73 bits per heavy atom. The number of fused-ring (bicyclic) bond motifs is 1. The van der Waals surface area contributed by atoms with Crippen LogP contribution in [0.4, 0.5) is 16.2 Å².